The smallest absolute Gasteiger partial charge is 0.399 e. The highest BCUT2D eigenvalue weighted by molar-refractivity contribution is 6.62. The highest BCUT2D eigenvalue weighted by Crippen LogP contribution is 2.38. The number of hydrogen-bond donors (Lipinski definition) is 0. The van der Waals surface area contributed by atoms with Gasteiger partial charge in [-0.2, -0.15) is 0 Å². The lowest BCUT2D eigenvalue weighted by Gasteiger charge is -2.32. The molecule has 2 atom stereocenters. The monoisotopic (exact) mass is 312 g/mol. The third-order valence-corrected chi connectivity index (χ3v) is 5.76. The Morgan fingerprint density at radius 2 is 1.78 bits per heavy atom. The van der Waals surface area contributed by atoms with E-state index in [1.165, 1.54) is 17.6 Å². The van der Waals surface area contributed by atoms with Crippen molar-refractivity contribution in [2.24, 2.45) is 0 Å². The number of fused-ring (bicyclic) bond motifs is 2. The number of rotatable bonds is 2. The summed E-state index contributed by atoms with van der Waals surface area (Å²) in [6.45, 7) is 8.37. The standard InChI is InChI=1S/C19H25BO3/c1-18(2)19(3,4)23-20(22-18)15-7-5-6-13(10-15)14-11-16-8-9-17(12-14)21-16/h5-7,10-11,16-17H,8-9,12H2,1-4H3. The maximum Gasteiger partial charge on any atom is 0.494 e. The second kappa shape index (κ2) is 5.20. The van der Waals surface area contributed by atoms with Gasteiger partial charge in [-0.05, 0) is 63.6 Å². The highest BCUT2D eigenvalue weighted by Gasteiger charge is 2.51. The summed E-state index contributed by atoms with van der Waals surface area (Å²) in [5.41, 5.74) is 3.18. The lowest BCUT2D eigenvalue weighted by Crippen LogP contribution is -2.41. The molecule has 0 N–H and O–H groups in total. The summed E-state index contributed by atoms with van der Waals surface area (Å²) < 4.78 is 18.3. The fraction of sp³-hybridized carbons (Fsp3) is 0.579. The summed E-state index contributed by atoms with van der Waals surface area (Å²) in [5, 5.41) is 0. The van der Waals surface area contributed by atoms with Crippen molar-refractivity contribution in [3.8, 4) is 0 Å². The summed E-state index contributed by atoms with van der Waals surface area (Å²) in [4.78, 5) is 0. The predicted octanol–water partition coefficient (Wildman–Crippen LogP) is 3.32. The minimum absolute atomic E-state index is 0.294. The summed E-state index contributed by atoms with van der Waals surface area (Å²) in [6.07, 6.45) is 6.37. The van der Waals surface area contributed by atoms with E-state index >= 15 is 0 Å². The quantitative estimate of drug-likeness (QED) is 0.784. The molecule has 1 aromatic carbocycles. The van der Waals surface area contributed by atoms with Gasteiger partial charge in [0.25, 0.3) is 0 Å². The third-order valence-electron chi connectivity index (χ3n) is 5.76. The van der Waals surface area contributed by atoms with Crippen LogP contribution >= 0.6 is 0 Å². The molecular weight excluding hydrogens is 287 g/mol. The Bertz CT molecular complexity index is 634. The summed E-state index contributed by atoms with van der Waals surface area (Å²) in [6, 6.07) is 8.61. The maximum atomic E-state index is 6.18. The molecule has 0 radical (unpaired) electrons. The first-order chi connectivity index (χ1) is 10.8. The van der Waals surface area contributed by atoms with E-state index in [1.807, 2.05) is 0 Å². The van der Waals surface area contributed by atoms with Crippen molar-refractivity contribution in [3.63, 3.8) is 0 Å². The van der Waals surface area contributed by atoms with Gasteiger partial charge >= 0.3 is 7.12 Å². The van der Waals surface area contributed by atoms with Gasteiger partial charge in [-0.1, -0.05) is 30.3 Å². The highest BCUT2D eigenvalue weighted by atomic mass is 16.7. The lowest BCUT2D eigenvalue weighted by atomic mass is 9.77. The van der Waals surface area contributed by atoms with Crippen molar-refractivity contribution in [2.45, 2.75) is 70.4 Å². The van der Waals surface area contributed by atoms with Crippen LogP contribution < -0.4 is 5.46 Å². The Morgan fingerprint density at radius 1 is 1.04 bits per heavy atom. The van der Waals surface area contributed by atoms with Crippen LogP contribution in [0.4, 0.5) is 0 Å². The minimum atomic E-state index is -0.301. The molecule has 2 fully saturated rings. The van der Waals surface area contributed by atoms with Gasteiger partial charge in [-0.25, -0.2) is 0 Å². The van der Waals surface area contributed by atoms with Gasteiger partial charge in [0.2, 0.25) is 0 Å². The Hall–Kier alpha value is -1.10. The van der Waals surface area contributed by atoms with Crippen molar-refractivity contribution in [1.82, 2.24) is 0 Å². The van der Waals surface area contributed by atoms with Crippen LogP contribution in [0.1, 0.15) is 52.5 Å². The molecule has 2 bridgehead atoms. The van der Waals surface area contributed by atoms with E-state index in [0.717, 1.165) is 18.3 Å². The third kappa shape index (κ3) is 2.67. The van der Waals surface area contributed by atoms with Crippen molar-refractivity contribution >= 4 is 18.2 Å². The van der Waals surface area contributed by atoms with Gasteiger partial charge in [0.1, 0.15) is 0 Å². The molecule has 2 saturated heterocycles. The lowest BCUT2D eigenvalue weighted by molar-refractivity contribution is 0.00578. The van der Waals surface area contributed by atoms with Crippen molar-refractivity contribution in [3.05, 3.63) is 35.9 Å². The molecule has 3 nitrogen and oxygen atoms in total. The normalized spacial score (nSPS) is 31.3. The zero-order chi connectivity index (χ0) is 16.2. The van der Waals surface area contributed by atoms with Crippen LogP contribution in [0.25, 0.3) is 5.57 Å². The van der Waals surface area contributed by atoms with Crippen LogP contribution in [0.2, 0.25) is 0 Å². The summed E-state index contributed by atoms with van der Waals surface area (Å²) in [5.74, 6) is 0. The fourth-order valence-corrected chi connectivity index (χ4v) is 3.62. The first-order valence-electron chi connectivity index (χ1n) is 8.66. The average Bonchev–Trinajstić information content (AvgIpc) is 2.94. The zero-order valence-electron chi connectivity index (χ0n) is 14.5. The average molecular weight is 312 g/mol. The molecule has 2 unspecified atom stereocenters. The van der Waals surface area contributed by atoms with Gasteiger partial charge in [-0.3, -0.25) is 0 Å². The number of benzene rings is 1. The molecule has 23 heavy (non-hydrogen) atoms. The molecule has 4 heteroatoms. The molecule has 3 aliphatic heterocycles. The van der Waals surface area contributed by atoms with Crippen LogP contribution in [-0.4, -0.2) is 30.5 Å². The molecule has 3 aliphatic rings. The Balaban J connectivity index is 1.61. The fourth-order valence-electron chi connectivity index (χ4n) is 3.62. The molecule has 3 heterocycles. The van der Waals surface area contributed by atoms with Crippen LogP contribution in [0, 0.1) is 0 Å². The van der Waals surface area contributed by atoms with E-state index < -0.39 is 0 Å². The number of hydrogen-bond acceptors (Lipinski definition) is 3. The maximum absolute atomic E-state index is 6.18. The van der Waals surface area contributed by atoms with Crippen molar-refractivity contribution in [1.29, 1.82) is 0 Å². The van der Waals surface area contributed by atoms with E-state index in [2.05, 4.69) is 58.0 Å². The Labute approximate surface area is 139 Å². The summed E-state index contributed by atoms with van der Waals surface area (Å²) >= 11 is 0. The Morgan fingerprint density at radius 3 is 2.48 bits per heavy atom. The number of ether oxygens (including phenoxy) is 1. The molecular formula is C19H25BO3. The first-order valence-corrected chi connectivity index (χ1v) is 8.66. The van der Waals surface area contributed by atoms with Gasteiger partial charge in [0, 0.05) is 0 Å². The second-order valence-corrected chi connectivity index (χ2v) is 7.98. The summed E-state index contributed by atoms with van der Waals surface area (Å²) in [7, 11) is -0.294. The van der Waals surface area contributed by atoms with E-state index in [1.54, 1.807) is 0 Å². The van der Waals surface area contributed by atoms with Crippen molar-refractivity contribution in [2.75, 3.05) is 0 Å². The van der Waals surface area contributed by atoms with Gasteiger partial charge in [0.05, 0.1) is 23.4 Å². The second-order valence-electron chi connectivity index (χ2n) is 7.98. The Kier molecular flexibility index (Phi) is 3.49. The largest absolute Gasteiger partial charge is 0.494 e. The molecule has 0 aliphatic carbocycles. The SMILES string of the molecule is CC1(C)OB(c2cccc(C3=CC4CCC(C3)O4)c2)OC1(C)C. The van der Waals surface area contributed by atoms with Crippen LogP contribution in [0.5, 0.6) is 0 Å². The van der Waals surface area contributed by atoms with Crippen molar-refractivity contribution < 1.29 is 14.0 Å². The van der Waals surface area contributed by atoms with Crippen LogP contribution in [0.15, 0.2) is 30.3 Å². The molecule has 1 aromatic rings. The molecule has 0 saturated carbocycles. The van der Waals surface area contributed by atoms with Crippen LogP contribution in [0.3, 0.4) is 0 Å². The first kappa shape index (κ1) is 15.4. The van der Waals surface area contributed by atoms with E-state index in [4.69, 9.17) is 14.0 Å². The predicted molar refractivity (Wildman–Crippen MR) is 92.6 cm³/mol. The van der Waals surface area contributed by atoms with Gasteiger partial charge in [-0.15, -0.1) is 0 Å². The van der Waals surface area contributed by atoms with E-state index in [0.29, 0.717) is 12.2 Å². The molecule has 0 spiro atoms. The molecule has 0 amide bonds. The van der Waals surface area contributed by atoms with Gasteiger partial charge < -0.3 is 14.0 Å². The topological polar surface area (TPSA) is 27.7 Å². The minimum Gasteiger partial charge on any atom is -0.399 e. The molecule has 0 aromatic heterocycles. The van der Waals surface area contributed by atoms with E-state index in [9.17, 15) is 0 Å². The molecule has 122 valence electrons. The molecule has 4 rings (SSSR count). The van der Waals surface area contributed by atoms with Gasteiger partial charge in [0.15, 0.2) is 0 Å². The zero-order valence-corrected chi connectivity index (χ0v) is 14.5. The van der Waals surface area contributed by atoms with E-state index in [-0.39, 0.29) is 18.3 Å². The van der Waals surface area contributed by atoms with Crippen LogP contribution in [-0.2, 0) is 14.0 Å².